The van der Waals surface area contributed by atoms with Crippen LogP contribution >= 0.6 is 0 Å². The quantitative estimate of drug-likeness (QED) is 0.861. The van der Waals surface area contributed by atoms with Crippen LogP contribution in [0.15, 0.2) is 24.3 Å². The molecule has 1 saturated carbocycles. The molecule has 4 heteroatoms. The van der Waals surface area contributed by atoms with E-state index in [-0.39, 0.29) is 23.9 Å². The van der Waals surface area contributed by atoms with Crippen LogP contribution < -0.4 is 10.6 Å². The number of halogens is 1. The molecule has 1 unspecified atom stereocenters. The average molecular weight is 264 g/mol. The summed E-state index contributed by atoms with van der Waals surface area (Å²) in [6.07, 6.45) is 5.75. The number of carbonyl (C=O) groups excluding carboxylic acids is 1. The highest BCUT2D eigenvalue weighted by Gasteiger charge is 2.17. The zero-order valence-corrected chi connectivity index (χ0v) is 11.3. The maximum absolute atomic E-state index is 13.1. The third kappa shape index (κ3) is 4.23. The molecule has 0 aliphatic heterocycles. The van der Waals surface area contributed by atoms with E-state index in [0.29, 0.717) is 0 Å². The number of hydrogen-bond acceptors (Lipinski definition) is 1. The second-order valence-electron chi connectivity index (χ2n) is 5.23. The lowest BCUT2D eigenvalue weighted by Crippen LogP contribution is -2.43. The topological polar surface area (TPSA) is 41.1 Å². The van der Waals surface area contributed by atoms with Crippen LogP contribution in [0.5, 0.6) is 0 Å². The summed E-state index contributed by atoms with van der Waals surface area (Å²) in [4.78, 5) is 11.9. The summed E-state index contributed by atoms with van der Waals surface area (Å²) in [6.45, 7) is 1.86. The molecule has 0 bridgehead atoms. The van der Waals surface area contributed by atoms with E-state index in [1.54, 1.807) is 6.07 Å². The zero-order chi connectivity index (χ0) is 13.7. The second kappa shape index (κ2) is 6.55. The van der Waals surface area contributed by atoms with Crippen LogP contribution in [0.1, 0.15) is 50.6 Å². The Morgan fingerprint density at radius 1 is 1.32 bits per heavy atom. The van der Waals surface area contributed by atoms with Crippen molar-refractivity contribution in [3.63, 3.8) is 0 Å². The Bertz CT molecular complexity index is 430. The monoisotopic (exact) mass is 264 g/mol. The van der Waals surface area contributed by atoms with Gasteiger partial charge in [-0.15, -0.1) is 0 Å². The van der Waals surface area contributed by atoms with Gasteiger partial charge in [0, 0.05) is 6.04 Å². The normalized spacial score (nSPS) is 17.8. The Labute approximate surface area is 113 Å². The molecule has 3 nitrogen and oxygen atoms in total. The lowest BCUT2D eigenvalue weighted by molar-refractivity contribution is 0.229. The van der Waals surface area contributed by atoms with Gasteiger partial charge in [0.2, 0.25) is 0 Å². The summed E-state index contributed by atoms with van der Waals surface area (Å²) in [5.74, 6) is -0.279. The molecule has 1 aromatic carbocycles. The Morgan fingerprint density at radius 2 is 2.05 bits per heavy atom. The van der Waals surface area contributed by atoms with Gasteiger partial charge >= 0.3 is 6.03 Å². The van der Waals surface area contributed by atoms with Crippen molar-refractivity contribution < 1.29 is 9.18 Å². The first kappa shape index (κ1) is 13.8. The molecule has 1 atom stereocenters. The fraction of sp³-hybridized carbons (Fsp3) is 0.533. The van der Waals surface area contributed by atoms with Crippen LogP contribution in [0.2, 0.25) is 0 Å². The molecule has 2 rings (SSSR count). The van der Waals surface area contributed by atoms with E-state index < -0.39 is 0 Å². The largest absolute Gasteiger partial charge is 0.335 e. The Hall–Kier alpha value is -1.58. The predicted molar refractivity (Wildman–Crippen MR) is 73.4 cm³/mol. The summed E-state index contributed by atoms with van der Waals surface area (Å²) in [5, 5.41) is 5.84. The molecule has 1 aromatic rings. The molecule has 1 aliphatic rings. The lowest BCUT2D eigenvalue weighted by atomic mass is 9.96. The minimum atomic E-state index is -0.279. The number of urea groups is 1. The minimum absolute atomic E-state index is 0.163. The number of rotatable bonds is 3. The van der Waals surface area contributed by atoms with E-state index in [9.17, 15) is 9.18 Å². The van der Waals surface area contributed by atoms with Crippen molar-refractivity contribution in [3.05, 3.63) is 35.6 Å². The third-order valence-corrected chi connectivity index (χ3v) is 3.64. The smallest absolute Gasteiger partial charge is 0.315 e. The summed E-state index contributed by atoms with van der Waals surface area (Å²) in [5.41, 5.74) is 0.777. The van der Waals surface area contributed by atoms with Gasteiger partial charge in [0.25, 0.3) is 0 Å². The molecular weight excluding hydrogens is 243 g/mol. The molecule has 0 radical (unpaired) electrons. The predicted octanol–water partition coefficient (Wildman–Crippen LogP) is 3.52. The molecule has 2 amide bonds. The van der Waals surface area contributed by atoms with Gasteiger partial charge < -0.3 is 10.6 Å². The highest BCUT2D eigenvalue weighted by molar-refractivity contribution is 5.74. The number of amides is 2. The molecular formula is C15H21FN2O. The van der Waals surface area contributed by atoms with E-state index >= 15 is 0 Å². The molecule has 1 fully saturated rings. The van der Waals surface area contributed by atoms with Gasteiger partial charge in [-0.1, -0.05) is 31.4 Å². The van der Waals surface area contributed by atoms with Crippen LogP contribution in [-0.4, -0.2) is 12.1 Å². The van der Waals surface area contributed by atoms with Gasteiger partial charge in [0.1, 0.15) is 5.82 Å². The molecule has 19 heavy (non-hydrogen) atoms. The van der Waals surface area contributed by atoms with Crippen molar-refractivity contribution in [2.75, 3.05) is 0 Å². The molecule has 0 heterocycles. The summed E-state index contributed by atoms with van der Waals surface area (Å²) in [7, 11) is 0. The summed E-state index contributed by atoms with van der Waals surface area (Å²) in [6, 6.07) is 6.25. The highest BCUT2D eigenvalue weighted by Crippen LogP contribution is 2.18. The van der Waals surface area contributed by atoms with E-state index in [0.717, 1.165) is 18.4 Å². The molecule has 0 aromatic heterocycles. The Balaban J connectivity index is 1.84. The fourth-order valence-corrected chi connectivity index (χ4v) is 2.53. The number of carbonyl (C=O) groups is 1. The van der Waals surface area contributed by atoms with Crippen molar-refractivity contribution in [1.29, 1.82) is 0 Å². The molecule has 1 aliphatic carbocycles. The standard InChI is InChI=1S/C15H21FN2O/c1-11(12-6-5-7-13(16)10-12)17-15(19)18-14-8-3-2-4-9-14/h5-7,10-11,14H,2-4,8-9H2,1H3,(H2,17,18,19). The number of benzene rings is 1. The molecule has 2 N–H and O–H groups in total. The van der Waals surface area contributed by atoms with Gasteiger partial charge in [-0.2, -0.15) is 0 Å². The summed E-state index contributed by atoms with van der Waals surface area (Å²) >= 11 is 0. The van der Waals surface area contributed by atoms with E-state index in [1.807, 2.05) is 13.0 Å². The average Bonchev–Trinajstić information content (AvgIpc) is 2.39. The highest BCUT2D eigenvalue weighted by atomic mass is 19.1. The SMILES string of the molecule is CC(NC(=O)NC1CCCCC1)c1cccc(F)c1. The van der Waals surface area contributed by atoms with Crippen LogP contribution in [-0.2, 0) is 0 Å². The van der Waals surface area contributed by atoms with Crippen molar-refractivity contribution in [1.82, 2.24) is 10.6 Å². The van der Waals surface area contributed by atoms with Gasteiger partial charge in [0.15, 0.2) is 0 Å². The van der Waals surface area contributed by atoms with Gasteiger partial charge in [-0.05, 0) is 37.5 Å². The van der Waals surface area contributed by atoms with E-state index in [1.165, 1.54) is 31.4 Å². The summed E-state index contributed by atoms with van der Waals surface area (Å²) < 4.78 is 13.1. The maximum Gasteiger partial charge on any atom is 0.315 e. The first-order valence-corrected chi connectivity index (χ1v) is 6.97. The van der Waals surface area contributed by atoms with Gasteiger partial charge in [0.05, 0.1) is 6.04 Å². The van der Waals surface area contributed by atoms with Gasteiger partial charge in [-0.25, -0.2) is 9.18 Å². The fourth-order valence-electron chi connectivity index (χ4n) is 2.53. The zero-order valence-electron chi connectivity index (χ0n) is 11.3. The Kier molecular flexibility index (Phi) is 4.77. The first-order valence-electron chi connectivity index (χ1n) is 6.97. The van der Waals surface area contributed by atoms with Gasteiger partial charge in [-0.3, -0.25) is 0 Å². The van der Waals surface area contributed by atoms with Crippen LogP contribution in [0, 0.1) is 5.82 Å². The van der Waals surface area contributed by atoms with Crippen LogP contribution in [0.4, 0.5) is 9.18 Å². The molecule has 104 valence electrons. The lowest BCUT2D eigenvalue weighted by Gasteiger charge is -2.24. The molecule has 0 spiro atoms. The van der Waals surface area contributed by atoms with Crippen molar-refractivity contribution in [2.24, 2.45) is 0 Å². The number of nitrogens with one attached hydrogen (secondary N) is 2. The Morgan fingerprint density at radius 3 is 2.74 bits per heavy atom. The number of hydrogen-bond donors (Lipinski definition) is 2. The second-order valence-corrected chi connectivity index (χ2v) is 5.23. The van der Waals surface area contributed by atoms with Crippen molar-refractivity contribution in [2.45, 2.75) is 51.1 Å². The van der Waals surface area contributed by atoms with E-state index in [4.69, 9.17) is 0 Å². The van der Waals surface area contributed by atoms with Crippen molar-refractivity contribution >= 4 is 6.03 Å². The van der Waals surface area contributed by atoms with E-state index in [2.05, 4.69) is 10.6 Å². The molecule has 0 saturated heterocycles. The third-order valence-electron chi connectivity index (χ3n) is 3.64. The maximum atomic E-state index is 13.1. The van der Waals surface area contributed by atoms with Crippen LogP contribution in [0.3, 0.4) is 0 Å². The first-order chi connectivity index (χ1) is 9.15. The van der Waals surface area contributed by atoms with Crippen molar-refractivity contribution in [3.8, 4) is 0 Å². The minimum Gasteiger partial charge on any atom is -0.335 e. The van der Waals surface area contributed by atoms with Crippen LogP contribution in [0.25, 0.3) is 0 Å².